The second-order valence-corrected chi connectivity index (χ2v) is 4.51. The largest absolute Gasteiger partial charge is 0.504 e. The first kappa shape index (κ1) is 13.8. The Bertz CT molecular complexity index is 632. The highest BCUT2D eigenvalue weighted by atomic mass is 16.5. The summed E-state index contributed by atoms with van der Waals surface area (Å²) in [5.41, 5.74) is 1.35. The maximum absolute atomic E-state index is 11.9. The van der Waals surface area contributed by atoms with Gasteiger partial charge in [-0.05, 0) is 18.2 Å². The van der Waals surface area contributed by atoms with Crippen molar-refractivity contribution in [2.75, 3.05) is 21.2 Å². The number of imide groups is 1. The predicted molar refractivity (Wildman–Crippen MR) is 71.9 cm³/mol. The van der Waals surface area contributed by atoms with Crippen molar-refractivity contribution in [3.63, 3.8) is 0 Å². The molecular formula is C14H14N2O4. The van der Waals surface area contributed by atoms with E-state index in [0.29, 0.717) is 16.7 Å². The highest BCUT2D eigenvalue weighted by Crippen LogP contribution is 2.25. The van der Waals surface area contributed by atoms with Crippen molar-refractivity contribution >= 4 is 23.3 Å². The molecule has 6 heteroatoms. The first-order valence-corrected chi connectivity index (χ1v) is 5.90. The van der Waals surface area contributed by atoms with Gasteiger partial charge in [-0.25, -0.2) is 0 Å². The third-order valence-corrected chi connectivity index (χ3v) is 2.91. The lowest BCUT2D eigenvalue weighted by atomic mass is 9.93. The molecule has 0 unspecified atom stereocenters. The molecule has 3 amide bonds. The van der Waals surface area contributed by atoms with Crippen molar-refractivity contribution in [1.29, 1.82) is 0 Å². The van der Waals surface area contributed by atoms with Crippen LogP contribution < -0.4 is 5.32 Å². The van der Waals surface area contributed by atoms with E-state index in [9.17, 15) is 14.4 Å². The van der Waals surface area contributed by atoms with E-state index in [0.717, 1.165) is 0 Å². The summed E-state index contributed by atoms with van der Waals surface area (Å²) < 4.78 is 4.86. The lowest BCUT2D eigenvalue weighted by molar-refractivity contribution is -0.114. The van der Waals surface area contributed by atoms with Crippen LogP contribution in [0.5, 0.6) is 0 Å². The van der Waals surface area contributed by atoms with Gasteiger partial charge < -0.3 is 9.64 Å². The number of amides is 3. The van der Waals surface area contributed by atoms with Crippen LogP contribution in [-0.4, -0.2) is 43.8 Å². The third kappa shape index (κ3) is 2.27. The van der Waals surface area contributed by atoms with Crippen LogP contribution in [0.1, 0.15) is 26.3 Å². The number of methoxy groups -OCH3 is 1. The molecule has 0 radical (unpaired) electrons. The van der Waals surface area contributed by atoms with Gasteiger partial charge in [-0.2, -0.15) is 0 Å². The Hall–Kier alpha value is -2.63. The molecule has 0 atom stereocenters. The highest BCUT2D eigenvalue weighted by molar-refractivity contribution is 6.31. The first-order chi connectivity index (χ1) is 9.45. The van der Waals surface area contributed by atoms with Crippen molar-refractivity contribution in [2.45, 2.75) is 0 Å². The maximum atomic E-state index is 11.9. The summed E-state index contributed by atoms with van der Waals surface area (Å²) in [7, 11) is 4.67. The lowest BCUT2D eigenvalue weighted by Crippen LogP contribution is -2.36. The zero-order valence-corrected chi connectivity index (χ0v) is 11.4. The van der Waals surface area contributed by atoms with Gasteiger partial charge in [0, 0.05) is 30.8 Å². The van der Waals surface area contributed by atoms with Crippen LogP contribution in [-0.2, 0) is 9.53 Å². The number of rotatable bonds is 2. The van der Waals surface area contributed by atoms with Crippen molar-refractivity contribution in [3.8, 4) is 0 Å². The van der Waals surface area contributed by atoms with Gasteiger partial charge in [0.25, 0.3) is 17.7 Å². The van der Waals surface area contributed by atoms with Crippen LogP contribution in [0.25, 0.3) is 5.57 Å². The lowest BCUT2D eigenvalue weighted by Gasteiger charge is -2.19. The number of nitrogens with one attached hydrogen (secondary N) is 1. The number of ether oxygens (including phenoxy) is 1. The Morgan fingerprint density at radius 1 is 1.20 bits per heavy atom. The normalized spacial score (nSPS) is 15.7. The van der Waals surface area contributed by atoms with Gasteiger partial charge in [0.2, 0.25) is 0 Å². The molecule has 0 saturated carbocycles. The minimum atomic E-state index is -0.543. The number of hydrogen-bond donors (Lipinski definition) is 1. The van der Waals surface area contributed by atoms with Crippen LogP contribution in [0.15, 0.2) is 24.5 Å². The minimum absolute atomic E-state index is 0.206. The van der Waals surface area contributed by atoms with Crippen molar-refractivity contribution in [2.24, 2.45) is 0 Å². The SMILES string of the molecule is CO/C=C1/C(=O)NC(=O)c2ccc(C(=O)N(C)C)cc21. The Morgan fingerprint density at radius 2 is 1.90 bits per heavy atom. The Balaban J connectivity index is 2.60. The van der Waals surface area contributed by atoms with Crippen LogP contribution >= 0.6 is 0 Å². The molecule has 6 nitrogen and oxygen atoms in total. The molecule has 1 aromatic rings. The second kappa shape index (κ2) is 5.16. The average Bonchev–Trinajstić information content (AvgIpc) is 2.41. The summed E-state index contributed by atoms with van der Waals surface area (Å²) in [6.45, 7) is 0. The fourth-order valence-corrected chi connectivity index (χ4v) is 1.95. The predicted octanol–water partition coefficient (Wildman–Crippen LogP) is 0.646. The monoisotopic (exact) mass is 274 g/mol. The molecule has 1 aliphatic rings. The first-order valence-electron chi connectivity index (χ1n) is 5.90. The van der Waals surface area contributed by atoms with Gasteiger partial charge in [0.05, 0.1) is 18.9 Å². The van der Waals surface area contributed by atoms with Gasteiger partial charge in [0.15, 0.2) is 0 Å². The van der Waals surface area contributed by atoms with Crippen LogP contribution in [0.4, 0.5) is 0 Å². The topological polar surface area (TPSA) is 75.7 Å². The van der Waals surface area contributed by atoms with Gasteiger partial charge in [-0.1, -0.05) is 0 Å². The van der Waals surface area contributed by atoms with E-state index in [2.05, 4.69) is 5.32 Å². The number of carbonyl (C=O) groups excluding carboxylic acids is 3. The quantitative estimate of drug-likeness (QED) is 0.488. The van der Waals surface area contributed by atoms with E-state index in [1.807, 2.05) is 0 Å². The second-order valence-electron chi connectivity index (χ2n) is 4.51. The maximum Gasteiger partial charge on any atom is 0.261 e. The number of nitrogens with zero attached hydrogens (tertiary/aromatic N) is 1. The number of fused-ring (bicyclic) bond motifs is 1. The van der Waals surface area contributed by atoms with E-state index >= 15 is 0 Å². The zero-order valence-electron chi connectivity index (χ0n) is 11.4. The fraction of sp³-hybridized carbons (Fsp3) is 0.214. The van der Waals surface area contributed by atoms with E-state index in [1.54, 1.807) is 20.2 Å². The number of benzene rings is 1. The Morgan fingerprint density at radius 3 is 2.50 bits per heavy atom. The standard InChI is InChI=1S/C14H14N2O4/c1-16(2)14(19)8-4-5-9-10(6-8)11(7-20-3)13(18)15-12(9)17/h4-7H,1-3H3,(H,15,17,18)/b11-7+. The average molecular weight is 274 g/mol. The minimum Gasteiger partial charge on any atom is -0.504 e. The molecule has 0 saturated heterocycles. The van der Waals surface area contributed by atoms with Crippen molar-refractivity contribution in [3.05, 3.63) is 41.2 Å². The summed E-state index contributed by atoms with van der Waals surface area (Å²) in [5.74, 6) is -1.23. The molecule has 0 spiro atoms. The van der Waals surface area contributed by atoms with Crippen LogP contribution in [0.3, 0.4) is 0 Å². The third-order valence-electron chi connectivity index (χ3n) is 2.91. The molecular weight excluding hydrogens is 260 g/mol. The summed E-state index contributed by atoms with van der Waals surface area (Å²) in [6.07, 6.45) is 1.25. The van der Waals surface area contributed by atoms with Crippen LogP contribution in [0, 0.1) is 0 Å². The van der Waals surface area contributed by atoms with E-state index < -0.39 is 11.8 Å². The van der Waals surface area contributed by atoms with Gasteiger partial charge in [-0.3, -0.25) is 19.7 Å². The molecule has 1 aliphatic heterocycles. The Labute approximate surface area is 116 Å². The summed E-state index contributed by atoms with van der Waals surface area (Å²) in [5, 5.41) is 2.22. The zero-order chi connectivity index (χ0) is 14.9. The molecule has 0 fully saturated rings. The molecule has 0 bridgehead atoms. The molecule has 1 N–H and O–H groups in total. The van der Waals surface area contributed by atoms with E-state index in [1.165, 1.54) is 30.4 Å². The smallest absolute Gasteiger partial charge is 0.261 e. The van der Waals surface area contributed by atoms with Crippen molar-refractivity contribution < 1.29 is 19.1 Å². The molecule has 1 aromatic carbocycles. The van der Waals surface area contributed by atoms with Gasteiger partial charge in [-0.15, -0.1) is 0 Å². The van der Waals surface area contributed by atoms with Gasteiger partial charge in [0.1, 0.15) is 0 Å². The number of hydrogen-bond acceptors (Lipinski definition) is 4. The molecule has 1 heterocycles. The molecule has 2 rings (SSSR count). The van der Waals surface area contributed by atoms with Crippen molar-refractivity contribution in [1.82, 2.24) is 10.2 Å². The van der Waals surface area contributed by atoms with E-state index in [4.69, 9.17) is 4.74 Å². The fourth-order valence-electron chi connectivity index (χ4n) is 1.95. The van der Waals surface area contributed by atoms with E-state index in [-0.39, 0.29) is 11.5 Å². The summed E-state index contributed by atoms with van der Waals surface area (Å²) >= 11 is 0. The van der Waals surface area contributed by atoms with Crippen LogP contribution in [0.2, 0.25) is 0 Å². The molecule has 104 valence electrons. The molecule has 0 aromatic heterocycles. The highest BCUT2D eigenvalue weighted by Gasteiger charge is 2.28. The molecule has 20 heavy (non-hydrogen) atoms. The van der Waals surface area contributed by atoms with Gasteiger partial charge >= 0.3 is 0 Å². The summed E-state index contributed by atoms with van der Waals surface area (Å²) in [4.78, 5) is 36.9. The molecule has 0 aliphatic carbocycles. The number of carbonyl (C=O) groups is 3. The summed E-state index contributed by atoms with van der Waals surface area (Å²) in [6, 6.07) is 4.61. The Kier molecular flexibility index (Phi) is 3.56.